The van der Waals surface area contributed by atoms with E-state index >= 15 is 0 Å². The molecule has 5 heteroatoms. The van der Waals surface area contributed by atoms with Gasteiger partial charge in [0.1, 0.15) is 5.03 Å². The van der Waals surface area contributed by atoms with Crippen LogP contribution >= 0.6 is 11.8 Å². The van der Waals surface area contributed by atoms with E-state index in [1.165, 1.54) is 34.2 Å². The van der Waals surface area contributed by atoms with Gasteiger partial charge in [-0.3, -0.25) is 5.10 Å². The van der Waals surface area contributed by atoms with Gasteiger partial charge in [-0.25, -0.2) is 4.98 Å². The topological polar surface area (TPSA) is 53.6 Å². The largest absolute Gasteiger partial charge is 0.339 e. The standard InChI is InChI=1S/C21H18N4S/c1-2-4-16-11-18(8-7-14(16)3-1)26-21-12-17(9-10-22-21)23-20-13-19(24-25-20)15-5-6-15/h1-4,7-13,15H,5-6H2,(H2,22,23,24,25). The van der Waals surface area contributed by atoms with Crippen LogP contribution in [0.1, 0.15) is 24.5 Å². The smallest absolute Gasteiger partial charge is 0.152 e. The Bertz CT molecular complexity index is 1070. The molecule has 0 bridgehead atoms. The maximum absolute atomic E-state index is 4.49. The quantitative estimate of drug-likeness (QED) is 0.478. The first-order chi connectivity index (χ1) is 12.8. The molecule has 0 radical (unpaired) electrons. The first-order valence-electron chi connectivity index (χ1n) is 8.78. The molecule has 128 valence electrons. The number of hydrogen-bond acceptors (Lipinski definition) is 4. The van der Waals surface area contributed by atoms with Gasteiger partial charge in [0, 0.05) is 34.5 Å². The van der Waals surface area contributed by atoms with Crippen molar-refractivity contribution in [1.29, 1.82) is 0 Å². The SMILES string of the molecule is c1ccc2cc(Sc3cc(Nc4cc(C5CC5)[nH]n4)ccn3)ccc2c1. The number of rotatable bonds is 5. The molecule has 1 aliphatic rings. The van der Waals surface area contributed by atoms with Crippen molar-refractivity contribution < 1.29 is 0 Å². The molecule has 1 aliphatic carbocycles. The zero-order chi connectivity index (χ0) is 17.3. The number of aromatic nitrogens is 3. The third kappa shape index (κ3) is 3.30. The molecule has 26 heavy (non-hydrogen) atoms. The molecule has 5 rings (SSSR count). The maximum Gasteiger partial charge on any atom is 0.152 e. The summed E-state index contributed by atoms with van der Waals surface area (Å²) in [7, 11) is 0. The molecule has 0 atom stereocenters. The Kier molecular flexibility index (Phi) is 3.87. The lowest BCUT2D eigenvalue weighted by Crippen LogP contribution is -1.91. The van der Waals surface area contributed by atoms with Gasteiger partial charge in [0.05, 0.1) is 0 Å². The summed E-state index contributed by atoms with van der Waals surface area (Å²) < 4.78 is 0. The summed E-state index contributed by atoms with van der Waals surface area (Å²) in [6, 6.07) is 21.0. The zero-order valence-corrected chi connectivity index (χ0v) is 15.0. The molecule has 2 heterocycles. The van der Waals surface area contributed by atoms with Crippen molar-refractivity contribution in [2.24, 2.45) is 0 Å². The molecule has 0 spiro atoms. The lowest BCUT2D eigenvalue weighted by atomic mass is 10.1. The third-order valence-electron chi connectivity index (χ3n) is 4.57. The van der Waals surface area contributed by atoms with Gasteiger partial charge < -0.3 is 5.32 Å². The molecule has 2 N–H and O–H groups in total. The fourth-order valence-electron chi connectivity index (χ4n) is 3.05. The summed E-state index contributed by atoms with van der Waals surface area (Å²) in [6.07, 6.45) is 4.37. The molecule has 0 amide bonds. The Morgan fingerprint density at radius 1 is 0.962 bits per heavy atom. The molecular formula is C21H18N4S. The van der Waals surface area contributed by atoms with E-state index in [0.29, 0.717) is 5.92 Å². The van der Waals surface area contributed by atoms with Crippen LogP contribution in [-0.2, 0) is 0 Å². The van der Waals surface area contributed by atoms with Crippen molar-refractivity contribution in [2.45, 2.75) is 28.7 Å². The lowest BCUT2D eigenvalue weighted by molar-refractivity contribution is 0.966. The molecule has 2 aromatic heterocycles. The number of fused-ring (bicyclic) bond motifs is 1. The van der Waals surface area contributed by atoms with E-state index in [4.69, 9.17) is 0 Å². The summed E-state index contributed by atoms with van der Waals surface area (Å²) >= 11 is 1.67. The second kappa shape index (κ2) is 6.50. The van der Waals surface area contributed by atoms with Gasteiger partial charge in [-0.2, -0.15) is 5.10 Å². The van der Waals surface area contributed by atoms with E-state index in [2.05, 4.69) is 75.1 Å². The summed E-state index contributed by atoms with van der Waals surface area (Å²) in [5.41, 5.74) is 2.23. The number of hydrogen-bond donors (Lipinski definition) is 2. The van der Waals surface area contributed by atoms with Crippen molar-refractivity contribution in [3.05, 3.63) is 72.6 Å². The summed E-state index contributed by atoms with van der Waals surface area (Å²) in [6.45, 7) is 0. The Balaban J connectivity index is 1.34. The van der Waals surface area contributed by atoms with Gasteiger partial charge in [-0.1, -0.05) is 42.1 Å². The molecule has 0 saturated heterocycles. The fraction of sp³-hybridized carbons (Fsp3) is 0.143. The normalized spacial score (nSPS) is 13.8. The highest BCUT2D eigenvalue weighted by Gasteiger charge is 2.25. The van der Waals surface area contributed by atoms with E-state index in [-0.39, 0.29) is 0 Å². The molecule has 0 unspecified atom stereocenters. The van der Waals surface area contributed by atoms with Crippen LogP contribution in [0.4, 0.5) is 11.5 Å². The summed E-state index contributed by atoms with van der Waals surface area (Å²) in [4.78, 5) is 5.68. The van der Waals surface area contributed by atoms with E-state index in [0.717, 1.165) is 16.5 Å². The minimum atomic E-state index is 0.675. The van der Waals surface area contributed by atoms with E-state index in [9.17, 15) is 0 Å². The van der Waals surface area contributed by atoms with Gasteiger partial charge >= 0.3 is 0 Å². The molecule has 1 saturated carbocycles. The Hall–Kier alpha value is -2.79. The van der Waals surface area contributed by atoms with Gasteiger partial charge in [0.2, 0.25) is 0 Å². The van der Waals surface area contributed by atoms with Crippen LogP contribution in [-0.4, -0.2) is 15.2 Å². The number of aromatic amines is 1. The highest BCUT2D eigenvalue weighted by atomic mass is 32.2. The summed E-state index contributed by atoms with van der Waals surface area (Å²) in [5, 5.41) is 14.3. The van der Waals surface area contributed by atoms with Crippen molar-refractivity contribution in [2.75, 3.05) is 5.32 Å². The van der Waals surface area contributed by atoms with Crippen LogP contribution in [0.25, 0.3) is 10.8 Å². The molecule has 4 aromatic rings. The Labute approximate surface area is 156 Å². The van der Waals surface area contributed by atoms with E-state index in [1.54, 1.807) is 11.8 Å². The van der Waals surface area contributed by atoms with Gasteiger partial charge in [-0.05, 0) is 47.9 Å². The summed E-state index contributed by atoms with van der Waals surface area (Å²) in [5.74, 6) is 1.54. The number of nitrogens with zero attached hydrogens (tertiary/aromatic N) is 2. The van der Waals surface area contributed by atoms with Crippen LogP contribution in [0.5, 0.6) is 0 Å². The number of nitrogens with one attached hydrogen (secondary N) is 2. The second-order valence-electron chi connectivity index (χ2n) is 6.60. The van der Waals surface area contributed by atoms with Crippen LogP contribution in [0.15, 0.2) is 76.8 Å². The first-order valence-corrected chi connectivity index (χ1v) is 9.60. The Morgan fingerprint density at radius 2 is 1.85 bits per heavy atom. The Morgan fingerprint density at radius 3 is 2.73 bits per heavy atom. The minimum absolute atomic E-state index is 0.675. The zero-order valence-electron chi connectivity index (χ0n) is 14.1. The number of benzene rings is 2. The average molecular weight is 358 g/mol. The third-order valence-corrected chi connectivity index (χ3v) is 5.49. The predicted molar refractivity (Wildman–Crippen MR) is 106 cm³/mol. The predicted octanol–water partition coefficient (Wildman–Crippen LogP) is 5.73. The van der Waals surface area contributed by atoms with Crippen LogP contribution in [0, 0.1) is 0 Å². The van der Waals surface area contributed by atoms with Crippen molar-refractivity contribution >= 4 is 34.0 Å². The van der Waals surface area contributed by atoms with Crippen LogP contribution < -0.4 is 5.32 Å². The van der Waals surface area contributed by atoms with Gasteiger partial charge in [0.25, 0.3) is 0 Å². The number of pyridine rings is 1. The van der Waals surface area contributed by atoms with Gasteiger partial charge in [0.15, 0.2) is 5.82 Å². The second-order valence-corrected chi connectivity index (χ2v) is 7.70. The highest BCUT2D eigenvalue weighted by Crippen LogP contribution is 2.39. The molecule has 2 aromatic carbocycles. The fourth-order valence-corrected chi connectivity index (χ4v) is 3.91. The van der Waals surface area contributed by atoms with Gasteiger partial charge in [-0.15, -0.1) is 0 Å². The van der Waals surface area contributed by atoms with Crippen LogP contribution in [0.3, 0.4) is 0 Å². The highest BCUT2D eigenvalue weighted by molar-refractivity contribution is 7.99. The number of anilines is 2. The molecule has 4 nitrogen and oxygen atoms in total. The van der Waals surface area contributed by atoms with Crippen molar-refractivity contribution in [3.8, 4) is 0 Å². The monoisotopic (exact) mass is 358 g/mol. The van der Waals surface area contributed by atoms with Crippen molar-refractivity contribution in [3.63, 3.8) is 0 Å². The first kappa shape index (κ1) is 15.5. The van der Waals surface area contributed by atoms with E-state index in [1.807, 2.05) is 12.3 Å². The molecule has 1 fully saturated rings. The number of H-pyrrole nitrogens is 1. The minimum Gasteiger partial charge on any atom is -0.339 e. The molecule has 0 aliphatic heterocycles. The van der Waals surface area contributed by atoms with E-state index < -0.39 is 0 Å². The average Bonchev–Trinajstić information content (AvgIpc) is 3.42. The lowest BCUT2D eigenvalue weighted by Gasteiger charge is -2.06. The maximum atomic E-state index is 4.49. The van der Waals surface area contributed by atoms with Crippen molar-refractivity contribution in [1.82, 2.24) is 15.2 Å². The van der Waals surface area contributed by atoms with Crippen LogP contribution in [0.2, 0.25) is 0 Å². The molecular weight excluding hydrogens is 340 g/mol.